The highest BCUT2D eigenvalue weighted by Gasteiger charge is 2.29. The minimum absolute atomic E-state index is 0.0926. The van der Waals surface area contributed by atoms with Crippen LogP contribution in [0.2, 0.25) is 0 Å². The Bertz CT molecular complexity index is 546. The van der Waals surface area contributed by atoms with Crippen LogP contribution < -0.4 is 0 Å². The predicted molar refractivity (Wildman–Crippen MR) is 76.8 cm³/mol. The largest absolute Gasteiger partial charge is 0.468 e. The van der Waals surface area contributed by atoms with Gasteiger partial charge in [0, 0.05) is 13.1 Å². The number of benzene rings is 1. The summed E-state index contributed by atoms with van der Waals surface area (Å²) in [7, 11) is 1.27. The lowest BCUT2D eigenvalue weighted by Gasteiger charge is -2.32. The van der Waals surface area contributed by atoms with E-state index in [1.54, 1.807) is 0 Å². The molecular formula is C15H18N2O5. The number of piperazine rings is 1. The lowest BCUT2D eigenvalue weighted by molar-refractivity contribution is -0.148. The van der Waals surface area contributed by atoms with Gasteiger partial charge in [-0.05, 0) is 5.56 Å². The third-order valence-corrected chi connectivity index (χ3v) is 3.33. The first kappa shape index (κ1) is 15.8. The fourth-order valence-electron chi connectivity index (χ4n) is 2.06. The molecule has 1 saturated heterocycles. The highest BCUT2D eigenvalue weighted by Crippen LogP contribution is 2.08. The maximum absolute atomic E-state index is 11.9. The van der Waals surface area contributed by atoms with Crippen molar-refractivity contribution in [2.45, 2.75) is 6.61 Å². The van der Waals surface area contributed by atoms with Gasteiger partial charge < -0.3 is 14.4 Å². The number of hydrogen-bond acceptors (Lipinski definition) is 5. The zero-order valence-corrected chi connectivity index (χ0v) is 12.4. The van der Waals surface area contributed by atoms with Crippen molar-refractivity contribution in [1.29, 1.82) is 0 Å². The molecule has 2 amide bonds. The molecule has 0 aromatic heterocycles. The Morgan fingerprint density at radius 2 is 1.91 bits per heavy atom. The number of hydrogen-bond donors (Lipinski definition) is 0. The van der Waals surface area contributed by atoms with Gasteiger partial charge in [0.15, 0.2) is 0 Å². The highest BCUT2D eigenvalue weighted by molar-refractivity contribution is 5.86. The Labute approximate surface area is 128 Å². The van der Waals surface area contributed by atoms with E-state index in [2.05, 4.69) is 4.74 Å². The lowest BCUT2D eigenvalue weighted by Crippen LogP contribution is -2.53. The molecule has 1 fully saturated rings. The zero-order chi connectivity index (χ0) is 15.9. The lowest BCUT2D eigenvalue weighted by atomic mass is 10.2. The van der Waals surface area contributed by atoms with Gasteiger partial charge in [-0.15, -0.1) is 0 Å². The minimum atomic E-state index is -0.532. The van der Waals surface area contributed by atoms with Crippen LogP contribution in [0.3, 0.4) is 0 Å². The van der Waals surface area contributed by atoms with Crippen LogP contribution in [0.1, 0.15) is 5.56 Å². The summed E-state index contributed by atoms with van der Waals surface area (Å²) in [5.74, 6) is -0.776. The van der Waals surface area contributed by atoms with Crippen molar-refractivity contribution in [3.8, 4) is 0 Å². The van der Waals surface area contributed by atoms with E-state index in [0.717, 1.165) is 5.56 Å². The maximum Gasteiger partial charge on any atom is 0.410 e. The summed E-state index contributed by atoms with van der Waals surface area (Å²) in [5, 5.41) is 0. The van der Waals surface area contributed by atoms with Gasteiger partial charge in [0.2, 0.25) is 5.91 Å². The van der Waals surface area contributed by atoms with Crippen molar-refractivity contribution in [3.63, 3.8) is 0 Å². The molecule has 1 heterocycles. The van der Waals surface area contributed by atoms with Gasteiger partial charge in [0.05, 0.1) is 7.11 Å². The van der Waals surface area contributed by atoms with Crippen molar-refractivity contribution >= 4 is 18.0 Å². The molecular weight excluding hydrogens is 288 g/mol. The number of esters is 1. The molecule has 1 aliphatic heterocycles. The average molecular weight is 306 g/mol. The first-order valence-corrected chi connectivity index (χ1v) is 6.90. The molecule has 0 aliphatic carbocycles. The molecule has 1 aromatic carbocycles. The quantitative estimate of drug-likeness (QED) is 0.763. The van der Waals surface area contributed by atoms with Gasteiger partial charge in [-0.2, -0.15) is 0 Å². The first-order valence-electron chi connectivity index (χ1n) is 6.90. The van der Waals surface area contributed by atoms with E-state index in [9.17, 15) is 14.4 Å². The van der Waals surface area contributed by atoms with Crippen molar-refractivity contribution in [2.75, 3.05) is 33.3 Å². The zero-order valence-electron chi connectivity index (χ0n) is 12.4. The Balaban J connectivity index is 1.81. The van der Waals surface area contributed by atoms with E-state index >= 15 is 0 Å². The molecule has 22 heavy (non-hydrogen) atoms. The van der Waals surface area contributed by atoms with Crippen LogP contribution in [-0.4, -0.2) is 61.1 Å². The van der Waals surface area contributed by atoms with Gasteiger partial charge >= 0.3 is 12.1 Å². The number of carbonyl (C=O) groups excluding carboxylic acids is 3. The number of amides is 2. The van der Waals surface area contributed by atoms with E-state index in [1.807, 2.05) is 30.3 Å². The van der Waals surface area contributed by atoms with E-state index in [0.29, 0.717) is 6.54 Å². The Kier molecular flexibility index (Phi) is 5.35. The van der Waals surface area contributed by atoms with E-state index in [-0.39, 0.29) is 32.1 Å². The number of carbonyl (C=O) groups is 3. The van der Waals surface area contributed by atoms with Gasteiger partial charge in [0.1, 0.15) is 19.7 Å². The molecule has 0 radical (unpaired) electrons. The molecule has 0 unspecified atom stereocenters. The number of nitrogens with zero attached hydrogens (tertiary/aromatic N) is 2. The van der Waals surface area contributed by atoms with Crippen molar-refractivity contribution in [1.82, 2.24) is 9.80 Å². The van der Waals surface area contributed by atoms with E-state index < -0.39 is 12.1 Å². The highest BCUT2D eigenvalue weighted by atomic mass is 16.6. The van der Waals surface area contributed by atoms with Crippen LogP contribution in [0.15, 0.2) is 30.3 Å². The Hall–Kier alpha value is -2.57. The Morgan fingerprint density at radius 1 is 1.18 bits per heavy atom. The number of rotatable bonds is 4. The van der Waals surface area contributed by atoms with Crippen molar-refractivity contribution < 1.29 is 23.9 Å². The minimum Gasteiger partial charge on any atom is -0.468 e. The van der Waals surface area contributed by atoms with Crippen LogP contribution in [0.4, 0.5) is 4.79 Å². The summed E-state index contributed by atoms with van der Waals surface area (Å²) in [6.07, 6.45) is -0.532. The smallest absolute Gasteiger partial charge is 0.410 e. The SMILES string of the molecule is COC(=O)CN1CCN(C(=O)OCc2ccccc2)CC1=O. The maximum atomic E-state index is 11.9. The molecule has 1 aromatic rings. The third-order valence-electron chi connectivity index (χ3n) is 3.33. The number of ether oxygens (including phenoxy) is 2. The predicted octanol–water partition coefficient (Wildman–Crippen LogP) is 0.640. The fraction of sp³-hybridized carbons (Fsp3) is 0.400. The molecule has 0 saturated carbocycles. The van der Waals surface area contributed by atoms with Gasteiger partial charge in [0.25, 0.3) is 0 Å². The molecule has 0 atom stereocenters. The topological polar surface area (TPSA) is 76.2 Å². The van der Waals surface area contributed by atoms with E-state index in [4.69, 9.17) is 4.74 Å². The van der Waals surface area contributed by atoms with Crippen LogP contribution in [0.25, 0.3) is 0 Å². The molecule has 7 nitrogen and oxygen atoms in total. The monoisotopic (exact) mass is 306 g/mol. The molecule has 118 valence electrons. The van der Waals surface area contributed by atoms with Crippen LogP contribution >= 0.6 is 0 Å². The Morgan fingerprint density at radius 3 is 2.55 bits per heavy atom. The molecule has 1 aliphatic rings. The second-order valence-corrected chi connectivity index (χ2v) is 4.85. The van der Waals surface area contributed by atoms with Crippen LogP contribution in [0, 0.1) is 0 Å². The molecule has 0 spiro atoms. The second kappa shape index (κ2) is 7.44. The van der Waals surface area contributed by atoms with Gasteiger partial charge in [-0.3, -0.25) is 14.5 Å². The standard InChI is InChI=1S/C15H18N2O5/c1-21-14(19)10-16-7-8-17(9-13(16)18)15(20)22-11-12-5-3-2-4-6-12/h2-6H,7-11H2,1H3. The molecule has 7 heteroatoms. The molecule has 0 bridgehead atoms. The summed E-state index contributed by atoms with van der Waals surface area (Å²) in [6.45, 7) is 0.591. The number of methoxy groups -OCH3 is 1. The summed E-state index contributed by atoms with van der Waals surface area (Å²) in [4.78, 5) is 37.7. The summed E-state index contributed by atoms with van der Waals surface area (Å²) < 4.78 is 9.70. The van der Waals surface area contributed by atoms with Crippen LogP contribution in [0.5, 0.6) is 0 Å². The van der Waals surface area contributed by atoms with Crippen molar-refractivity contribution in [3.05, 3.63) is 35.9 Å². The van der Waals surface area contributed by atoms with E-state index in [1.165, 1.54) is 16.9 Å². The first-order chi connectivity index (χ1) is 10.6. The van der Waals surface area contributed by atoms with Crippen LogP contribution in [-0.2, 0) is 25.7 Å². The summed E-state index contributed by atoms with van der Waals surface area (Å²) in [6, 6.07) is 9.31. The van der Waals surface area contributed by atoms with Gasteiger partial charge in [-0.25, -0.2) is 4.79 Å². The molecule has 0 N–H and O–H groups in total. The second-order valence-electron chi connectivity index (χ2n) is 4.85. The summed E-state index contributed by atoms with van der Waals surface area (Å²) in [5.41, 5.74) is 0.881. The fourth-order valence-corrected chi connectivity index (χ4v) is 2.06. The average Bonchev–Trinajstić information content (AvgIpc) is 2.55. The third kappa shape index (κ3) is 4.21. The normalized spacial score (nSPS) is 14.7. The summed E-state index contributed by atoms with van der Waals surface area (Å²) >= 11 is 0. The van der Waals surface area contributed by atoms with Gasteiger partial charge in [-0.1, -0.05) is 30.3 Å². The molecule has 2 rings (SSSR count). The van der Waals surface area contributed by atoms with Crippen molar-refractivity contribution in [2.24, 2.45) is 0 Å².